The highest BCUT2D eigenvalue weighted by Crippen LogP contribution is 2.15. The SMILES string of the molecule is CC(=O)Nc1ccccc1C(=O)C(=O)NNC(=S)NCc1ccccc1. The summed E-state index contributed by atoms with van der Waals surface area (Å²) < 4.78 is 0. The molecular formula is C18H18N4O3S. The number of ketones is 1. The molecule has 0 unspecified atom stereocenters. The standard InChI is InChI=1S/C18H18N4O3S/c1-12(23)20-15-10-6-5-9-14(15)16(24)17(25)21-22-18(26)19-11-13-7-3-2-4-8-13/h2-10H,11H2,1H3,(H,20,23)(H,21,25)(H2,19,22,26). The number of nitrogens with one attached hydrogen (secondary N) is 4. The lowest BCUT2D eigenvalue weighted by Gasteiger charge is -2.12. The van der Waals surface area contributed by atoms with Crippen molar-refractivity contribution in [2.75, 3.05) is 5.32 Å². The maximum atomic E-state index is 12.3. The minimum Gasteiger partial charge on any atom is -0.357 e. The molecule has 134 valence electrons. The first-order valence-corrected chi connectivity index (χ1v) is 8.17. The van der Waals surface area contributed by atoms with Crippen LogP contribution in [0.4, 0.5) is 5.69 Å². The molecule has 4 N–H and O–H groups in total. The molecule has 2 aromatic rings. The number of hydrazine groups is 1. The van der Waals surface area contributed by atoms with E-state index >= 15 is 0 Å². The quantitative estimate of drug-likeness (QED) is 0.276. The molecule has 0 aromatic heterocycles. The van der Waals surface area contributed by atoms with Crippen LogP contribution in [-0.4, -0.2) is 22.7 Å². The van der Waals surface area contributed by atoms with Gasteiger partial charge >= 0.3 is 5.91 Å². The normalized spacial score (nSPS) is 9.73. The molecular weight excluding hydrogens is 352 g/mol. The minimum atomic E-state index is -0.897. The van der Waals surface area contributed by atoms with Crippen molar-refractivity contribution in [2.45, 2.75) is 13.5 Å². The van der Waals surface area contributed by atoms with Gasteiger partial charge in [-0.2, -0.15) is 0 Å². The first-order chi connectivity index (χ1) is 12.5. The zero-order valence-electron chi connectivity index (χ0n) is 14.0. The van der Waals surface area contributed by atoms with E-state index in [-0.39, 0.29) is 22.3 Å². The Hall–Kier alpha value is -3.26. The van der Waals surface area contributed by atoms with Crippen LogP contribution >= 0.6 is 12.2 Å². The van der Waals surface area contributed by atoms with Crippen LogP contribution in [-0.2, 0) is 16.1 Å². The Labute approximate surface area is 156 Å². The molecule has 8 heteroatoms. The van der Waals surface area contributed by atoms with E-state index < -0.39 is 11.7 Å². The maximum absolute atomic E-state index is 12.3. The van der Waals surface area contributed by atoms with Crippen molar-refractivity contribution in [3.63, 3.8) is 0 Å². The van der Waals surface area contributed by atoms with E-state index in [0.717, 1.165) is 5.56 Å². The summed E-state index contributed by atoms with van der Waals surface area (Å²) in [5.41, 5.74) is 6.09. The Morgan fingerprint density at radius 3 is 2.27 bits per heavy atom. The Morgan fingerprint density at radius 1 is 0.923 bits per heavy atom. The molecule has 0 saturated heterocycles. The monoisotopic (exact) mass is 370 g/mol. The fourth-order valence-electron chi connectivity index (χ4n) is 2.09. The molecule has 0 atom stereocenters. The van der Waals surface area contributed by atoms with Gasteiger partial charge in [0.25, 0.3) is 5.78 Å². The first kappa shape index (κ1) is 19.1. The lowest BCUT2D eigenvalue weighted by Crippen LogP contribution is -2.48. The lowest BCUT2D eigenvalue weighted by molar-refractivity contribution is -0.117. The number of rotatable bonds is 5. The van der Waals surface area contributed by atoms with Crippen LogP contribution in [0.1, 0.15) is 22.8 Å². The van der Waals surface area contributed by atoms with Crippen molar-refractivity contribution in [1.29, 1.82) is 0 Å². The number of hydrogen-bond acceptors (Lipinski definition) is 4. The fourth-order valence-corrected chi connectivity index (χ4v) is 2.22. The van der Waals surface area contributed by atoms with Crippen LogP contribution in [0.15, 0.2) is 54.6 Å². The maximum Gasteiger partial charge on any atom is 0.310 e. The molecule has 0 fully saturated rings. The van der Waals surface area contributed by atoms with Crippen LogP contribution in [0.5, 0.6) is 0 Å². The van der Waals surface area contributed by atoms with Crippen molar-refractivity contribution in [2.24, 2.45) is 0 Å². The van der Waals surface area contributed by atoms with Crippen LogP contribution < -0.4 is 21.5 Å². The summed E-state index contributed by atoms with van der Waals surface area (Å²) in [6.07, 6.45) is 0. The summed E-state index contributed by atoms with van der Waals surface area (Å²) in [7, 11) is 0. The number of para-hydroxylation sites is 1. The molecule has 0 spiro atoms. The summed E-state index contributed by atoms with van der Waals surface area (Å²) in [6.45, 7) is 1.79. The predicted molar refractivity (Wildman–Crippen MR) is 102 cm³/mol. The van der Waals surface area contributed by atoms with E-state index in [0.29, 0.717) is 6.54 Å². The van der Waals surface area contributed by atoms with E-state index in [2.05, 4.69) is 21.5 Å². The van der Waals surface area contributed by atoms with Gasteiger partial charge in [-0.3, -0.25) is 25.2 Å². The fraction of sp³-hybridized carbons (Fsp3) is 0.111. The van der Waals surface area contributed by atoms with Gasteiger partial charge in [0.15, 0.2) is 5.11 Å². The molecule has 0 aliphatic heterocycles. The van der Waals surface area contributed by atoms with E-state index in [1.807, 2.05) is 30.3 Å². The molecule has 0 saturated carbocycles. The molecule has 0 radical (unpaired) electrons. The molecule has 2 aromatic carbocycles. The molecule has 2 rings (SSSR count). The van der Waals surface area contributed by atoms with Gasteiger partial charge < -0.3 is 10.6 Å². The van der Waals surface area contributed by atoms with Crippen molar-refractivity contribution in [1.82, 2.24) is 16.2 Å². The third-order valence-electron chi connectivity index (χ3n) is 3.27. The van der Waals surface area contributed by atoms with Crippen molar-refractivity contribution in [3.05, 3.63) is 65.7 Å². The highest BCUT2D eigenvalue weighted by atomic mass is 32.1. The van der Waals surface area contributed by atoms with Gasteiger partial charge in [-0.05, 0) is 29.9 Å². The molecule has 2 amide bonds. The Morgan fingerprint density at radius 2 is 1.58 bits per heavy atom. The van der Waals surface area contributed by atoms with Crippen LogP contribution in [0.2, 0.25) is 0 Å². The lowest BCUT2D eigenvalue weighted by atomic mass is 10.1. The van der Waals surface area contributed by atoms with Gasteiger partial charge in [-0.1, -0.05) is 42.5 Å². The highest BCUT2D eigenvalue weighted by molar-refractivity contribution is 7.80. The second-order valence-electron chi connectivity index (χ2n) is 5.30. The molecule has 0 aliphatic rings. The van der Waals surface area contributed by atoms with E-state index in [9.17, 15) is 14.4 Å². The summed E-state index contributed by atoms with van der Waals surface area (Å²) in [5, 5.41) is 5.59. The van der Waals surface area contributed by atoms with E-state index in [4.69, 9.17) is 12.2 Å². The van der Waals surface area contributed by atoms with Gasteiger partial charge in [0.05, 0.1) is 11.3 Å². The highest BCUT2D eigenvalue weighted by Gasteiger charge is 2.19. The van der Waals surface area contributed by atoms with Gasteiger partial charge in [0, 0.05) is 13.5 Å². The number of carbonyl (C=O) groups is 3. The van der Waals surface area contributed by atoms with Crippen LogP contribution in [0, 0.1) is 0 Å². The van der Waals surface area contributed by atoms with Crippen molar-refractivity contribution < 1.29 is 14.4 Å². The van der Waals surface area contributed by atoms with Crippen LogP contribution in [0.25, 0.3) is 0 Å². The Kier molecular flexibility index (Phi) is 6.81. The predicted octanol–water partition coefficient (Wildman–Crippen LogP) is 1.52. The van der Waals surface area contributed by atoms with Gasteiger partial charge in [0.1, 0.15) is 0 Å². The van der Waals surface area contributed by atoms with Gasteiger partial charge in [-0.25, -0.2) is 0 Å². The van der Waals surface area contributed by atoms with Crippen LogP contribution in [0.3, 0.4) is 0 Å². The summed E-state index contributed by atoms with van der Waals surface area (Å²) >= 11 is 5.05. The number of benzene rings is 2. The Bertz CT molecular complexity index is 824. The second kappa shape index (κ2) is 9.28. The van der Waals surface area contributed by atoms with Gasteiger partial charge in [-0.15, -0.1) is 0 Å². The van der Waals surface area contributed by atoms with Crippen molar-refractivity contribution >= 4 is 40.6 Å². The summed E-state index contributed by atoms with van der Waals surface area (Å²) in [6, 6.07) is 15.8. The smallest absolute Gasteiger partial charge is 0.310 e. The third-order valence-corrected chi connectivity index (χ3v) is 3.52. The number of anilines is 1. The minimum absolute atomic E-state index is 0.0881. The average Bonchev–Trinajstić information content (AvgIpc) is 2.64. The zero-order chi connectivity index (χ0) is 18.9. The van der Waals surface area contributed by atoms with Crippen molar-refractivity contribution in [3.8, 4) is 0 Å². The number of thiocarbonyl (C=S) groups is 1. The topological polar surface area (TPSA) is 99.3 Å². The number of carbonyl (C=O) groups excluding carboxylic acids is 3. The summed E-state index contributed by atoms with van der Waals surface area (Å²) in [5.74, 6) is -2.03. The number of hydrogen-bond donors (Lipinski definition) is 4. The third kappa shape index (κ3) is 5.67. The molecule has 26 heavy (non-hydrogen) atoms. The molecule has 0 bridgehead atoms. The first-order valence-electron chi connectivity index (χ1n) is 7.76. The second-order valence-corrected chi connectivity index (χ2v) is 5.71. The average molecular weight is 370 g/mol. The largest absolute Gasteiger partial charge is 0.357 e. The number of Topliss-reactive ketones (excluding diaryl/α,β-unsaturated/α-hetero) is 1. The summed E-state index contributed by atoms with van der Waals surface area (Å²) in [4.78, 5) is 35.5. The van der Waals surface area contributed by atoms with Gasteiger partial charge in [0.2, 0.25) is 5.91 Å². The molecule has 0 heterocycles. The Balaban J connectivity index is 1.88. The number of amides is 2. The molecule has 7 nitrogen and oxygen atoms in total. The molecule has 0 aliphatic carbocycles. The van der Waals surface area contributed by atoms with E-state index in [1.54, 1.807) is 18.2 Å². The van der Waals surface area contributed by atoms with E-state index in [1.165, 1.54) is 13.0 Å². The zero-order valence-corrected chi connectivity index (χ0v) is 14.9.